The summed E-state index contributed by atoms with van der Waals surface area (Å²) in [4.78, 5) is 6.18. The molecule has 1 aliphatic heterocycles. The molecular formula is C12H18N4O2. The maximum absolute atomic E-state index is 9.17. The third kappa shape index (κ3) is 2.60. The van der Waals surface area contributed by atoms with Gasteiger partial charge in [-0.2, -0.15) is 0 Å². The van der Waals surface area contributed by atoms with Crippen LogP contribution >= 0.6 is 0 Å². The van der Waals surface area contributed by atoms with Crippen molar-refractivity contribution in [3.63, 3.8) is 0 Å². The summed E-state index contributed by atoms with van der Waals surface area (Å²) in [6.45, 7) is 3.26. The third-order valence-corrected chi connectivity index (χ3v) is 3.06. The lowest BCUT2D eigenvalue weighted by Gasteiger charge is -2.39. The Morgan fingerprint density at radius 2 is 2.50 bits per heavy atom. The summed E-state index contributed by atoms with van der Waals surface area (Å²) in [5.74, 6) is -0.0449. The van der Waals surface area contributed by atoms with E-state index in [4.69, 9.17) is 21.0 Å². The number of nitrogens with one attached hydrogen (secondary N) is 1. The fraction of sp³-hybridized carbons (Fsp3) is 0.500. The molecule has 2 heterocycles. The Morgan fingerprint density at radius 1 is 1.72 bits per heavy atom. The van der Waals surface area contributed by atoms with Gasteiger partial charge in [0.2, 0.25) is 0 Å². The molecule has 98 valence electrons. The Balaban J connectivity index is 2.23. The summed E-state index contributed by atoms with van der Waals surface area (Å²) >= 11 is 0. The lowest BCUT2D eigenvalue weighted by atomic mass is 10.1. The minimum absolute atomic E-state index is 0.00781. The first-order valence-electron chi connectivity index (χ1n) is 5.91. The largest absolute Gasteiger partial charge is 0.394 e. The van der Waals surface area contributed by atoms with Crippen LogP contribution in [0.2, 0.25) is 0 Å². The molecular weight excluding hydrogens is 232 g/mol. The Labute approximate surface area is 106 Å². The minimum atomic E-state index is -0.171. The molecule has 0 aliphatic carbocycles. The quantitative estimate of drug-likeness (QED) is 0.516. The molecule has 0 radical (unpaired) electrons. The van der Waals surface area contributed by atoms with Crippen molar-refractivity contribution in [1.29, 1.82) is 5.41 Å². The summed E-state index contributed by atoms with van der Waals surface area (Å²) in [7, 11) is 0. The van der Waals surface area contributed by atoms with Crippen molar-refractivity contribution in [2.45, 2.75) is 19.1 Å². The van der Waals surface area contributed by atoms with E-state index >= 15 is 0 Å². The molecule has 1 aliphatic rings. The smallest absolute Gasteiger partial charge is 0.141 e. The number of morpholine rings is 1. The van der Waals surface area contributed by atoms with Crippen LogP contribution in [0.1, 0.15) is 12.6 Å². The first-order valence-corrected chi connectivity index (χ1v) is 5.91. The van der Waals surface area contributed by atoms with Crippen molar-refractivity contribution < 1.29 is 9.84 Å². The van der Waals surface area contributed by atoms with Crippen LogP contribution in [0.3, 0.4) is 0 Å². The second-order valence-corrected chi connectivity index (χ2v) is 4.45. The number of pyridine rings is 1. The summed E-state index contributed by atoms with van der Waals surface area (Å²) in [6.07, 6.45) is 1.47. The average Bonchev–Trinajstić information content (AvgIpc) is 2.39. The van der Waals surface area contributed by atoms with Crippen molar-refractivity contribution in [2.75, 3.05) is 24.7 Å². The van der Waals surface area contributed by atoms with Gasteiger partial charge in [0.1, 0.15) is 11.5 Å². The number of ether oxygens (including phenoxy) is 1. The van der Waals surface area contributed by atoms with Gasteiger partial charge in [0.15, 0.2) is 0 Å². The molecule has 6 nitrogen and oxygen atoms in total. The molecule has 0 bridgehead atoms. The number of aliphatic hydroxyl groups is 1. The molecule has 0 spiro atoms. The van der Waals surface area contributed by atoms with Crippen molar-refractivity contribution in [1.82, 2.24) is 4.98 Å². The predicted octanol–water partition coefficient (Wildman–Crippen LogP) is -0.0483. The fourth-order valence-corrected chi connectivity index (χ4v) is 2.03. The highest BCUT2D eigenvalue weighted by Crippen LogP contribution is 2.21. The van der Waals surface area contributed by atoms with Crippen LogP contribution in [0.15, 0.2) is 18.3 Å². The topological polar surface area (TPSA) is 95.5 Å². The lowest BCUT2D eigenvalue weighted by Crippen LogP contribution is -2.49. The highest BCUT2D eigenvalue weighted by Gasteiger charge is 2.26. The van der Waals surface area contributed by atoms with Gasteiger partial charge in [-0.1, -0.05) is 0 Å². The number of aliphatic hydroxyl groups excluding tert-OH is 1. The van der Waals surface area contributed by atoms with Crippen LogP contribution < -0.4 is 10.6 Å². The van der Waals surface area contributed by atoms with Crippen LogP contribution in [0, 0.1) is 5.41 Å². The molecule has 0 amide bonds. The second-order valence-electron chi connectivity index (χ2n) is 4.45. The minimum Gasteiger partial charge on any atom is -0.394 e. The number of rotatable bonds is 3. The van der Waals surface area contributed by atoms with E-state index in [1.54, 1.807) is 12.3 Å². The number of hydrogen-bond donors (Lipinski definition) is 3. The number of aromatic nitrogens is 1. The molecule has 1 aromatic rings. The molecule has 2 atom stereocenters. The maximum atomic E-state index is 9.17. The molecule has 2 unspecified atom stereocenters. The number of anilines is 1. The van der Waals surface area contributed by atoms with Crippen molar-refractivity contribution >= 4 is 11.5 Å². The Bertz CT molecular complexity index is 438. The van der Waals surface area contributed by atoms with Crippen LogP contribution in [-0.4, -0.2) is 47.8 Å². The van der Waals surface area contributed by atoms with Crippen LogP contribution in [0.5, 0.6) is 0 Å². The van der Waals surface area contributed by atoms with Gasteiger partial charge in [0, 0.05) is 24.5 Å². The van der Waals surface area contributed by atoms with E-state index in [-0.39, 0.29) is 24.6 Å². The first kappa shape index (κ1) is 12.8. The highest BCUT2D eigenvalue weighted by molar-refractivity contribution is 5.93. The van der Waals surface area contributed by atoms with E-state index in [1.807, 2.05) is 6.07 Å². The molecule has 1 saturated heterocycles. The van der Waals surface area contributed by atoms with E-state index in [1.165, 1.54) is 0 Å². The van der Waals surface area contributed by atoms with Crippen LogP contribution in [0.25, 0.3) is 0 Å². The van der Waals surface area contributed by atoms with Gasteiger partial charge in [0.25, 0.3) is 0 Å². The molecule has 4 N–H and O–H groups in total. The van der Waals surface area contributed by atoms with E-state index in [0.717, 1.165) is 5.69 Å². The summed E-state index contributed by atoms with van der Waals surface area (Å²) in [5, 5.41) is 16.6. The summed E-state index contributed by atoms with van der Waals surface area (Å²) < 4.78 is 5.49. The zero-order chi connectivity index (χ0) is 13.1. The van der Waals surface area contributed by atoms with Gasteiger partial charge in [-0.3, -0.25) is 10.4 Å². The van der Waals surface area contributed by atoms with Crippen LogP contribution in [-0.2, 0) is 4.74 Å². The molecule has 2 rings (SSSR count). The SMILES string of the molecule is CC1COC(CO)CN1c1ccnc(C(=N)N)c1. The third-order valence-electron chi connectivity index (χ3n) is 3.06. The lowest BCUT2D eigenvalue weighted by molar-refractivity contribution is -0.0103. The van der Waals surface area contributed by atoms with Crippen molar-refractivity contribution in [3.8, 4) is 0 Å². The number of amidine groups is 1. The van der Waals surface area contributed by atoms with E-state index in [9.17, 15) is 0 Å². The van der Waals surface area contributed by atoms with Gasteiger partial charge in [0.05, 0.1) is 19.3 Å². The first-order chi connectivity index (χ1) is 8.61. The fourth-order valence-electron chi connectivity index (χ4n) is 2.03. The number of nitrogens with zero attached hydrogens (tertiary/aromatic N) is 2. The Kier molecular flexibility index (Phi) is 3.78. The van der Waals surface area contributed by atoms with Gasteiger partial charge in [-0.05, 0) is 19.1 Å². The maximum Gasteiger partial charge on any atom is 0.141 e. The molecule has 0 aromatic carbocycles. The van der Waals surface area contributed by atoms with Gasteiger partial charge in [-0.15, -0.1) is 0 Å². The van der Waals surface area contributed by atoms with Crippen LogP contribution in [0.4, 0.5) is 5.69 Å². The molecule has 0 saturated carbocycles. The number of nitrogens with two attached hydrogens (primary N) is 1. The zero-order valence-electron chi connectivity index (χ0n) is 10.3. The van der Waals surface area contributed by atoms with Crippen molar-refractivity contribution in [3.05, 3.63) is 24.0 Å². The molecule has 6 heteroatoms. The number of hydrogen-bond acceptors (Lipinski definition) is 5. The Hall–Kier alpha value is -1.66. The van der Waals surface area contributed by atoms with Crippen molar-refractivity contribution in [2.24, 2.45) is 5.73 Å². The summed E-state index contributed by atoms with van der Waals surface area (Å²) in [6, 6.07) is 3.89. The number of nitrogen functional groups attached to an aromatic ring is 1. The molecule has 1 aromatic heterocycles. The van der Waals surface area contributed by atoms with Gasteiger partial charge < -0.3 is 20.5 Å². The average molecular weight is 250 g/mol. The van der Waals surface area contributed by atoms with Gasteiger partial charge >= 0.3 is 0 Å². The predicted molar refractivity (Wildman–Crippen MR) is 68.9 cm³/mol. The highest BCUT2D eigenvalue weighted by atomic mass is 16.5. The molecule has 1 fully saturated rings. The molecule has 18 heavy (non-hydrogen) atoms. The standard InChI is InChI=1S/C12H18N4O2/c1-8-7-18-10(6-17)5-16(8)9-2-3-15-11(4-9)12(13)14/h2-4,8,10,17H,5-7H2,1H3,(H3,13,14). The van der Waals surface area contributed by atoms with E-state index in [0.29, 0.717) is 18.8 Å². The zero-order valence-corrected chi connectivity index (χ0v) is 10.3. The summed E-state index contributed by atoms with van der Waals surface area (Å²) in [5.41, 5.74) is 6.85. The van der Waals surface area contributed by atoms with E-state index < -0.39 is 0 Å². The second kappa shape index (κ2) is 5.32. The normalized spacial score (nSPS) is 24.0. The Morgan fingerprint density at radius 3 is 3.17 bits per heavy atom. The van der Waals surface area contributed by atoms with Gasteiger partial charge in [-0.25, -0.2) is 0 Å². The van der Waals surface area contributed by atoms with E-state index in [2.05, 4.69) is 16.8 Å². The monoisotopic (exact) mass is 250 g/mol.